The van der Waals surface area contributed by atoms with E-state index in [9.17, 15) is 0 Å². The van der Waals surface area contributed by atoms with Gasteiger partial charge in [0.15, 0.2) is 0 Å². The Balaban J connectivity index is -0.0000000720. The molecular formula is O6S2Zn-2. The molecule has 0 N–H and O–H groups in total. The van der Waals surface area contributed by atoms with Gasteiger partial charge in [0, 0.05) is 0 Å². The van der Waals surface area contributed by atoms with Gasteiger partial charge < -0.3 is 18.2 Å². The van der Waals surface area contributed by atoms with Crippen LogP contribution in [0.4, 0.5) is 0 Å². The van der Waals surface area contributed by atoms with Gasteiger partial charge in [-0.1, -0.05) is 0 Å². The molecule has 0 rings (SSSR count). The fraction of sp³-hybridized carbons (Fsp3) is 0. The maximum Gasteiger partial charge on any atom is 2.00 e. The van der Waals surface area contributed by atoms with Crippen molar-refractivity contribution < 1.29 is 46.1 Å². The summed E-state index contributed by atoms with van der Waals surface area (Å²) >= 11 is -6.22. The van der Waals surface area contributed by atoms with Gasteiger partial charge in [-0.3, -0.25) is 8.42 Å². The molecule has 0 aliphatic rings. The second-order valence-corrected chi connectivity index (χ2v) is 1.22. The largest absolute Gasteiger partial charge is 2.00 e. The smallest absolute Gasteiger partial charge is 0.784 e. The van der Waals surface area contributed by atoms with E-state index in [1.807, 2.05) is 0 Å². The number of hydrogen-bond acceptors (Lipinski definition) is 6. The normalized spacial score (nSPS) is 7.78. The predicted molar refractivity (Wildman–Crippen MR) is 19.4 cm³/mol. The molecule has 52 valence electrons. The molecular weight excluding hydrogens is 226 g/mol. The molecule has 0 atom stereocenters. The number of hydrogen-bond donors (Lipinski definition) is 0. The molecule has 0 bridgehead atoms. The number of rotatable bonds is 0. The monoisotopic (exact) mass is 224 g/mol. The van der Waals surface area contributed by atoms with Gasteiger partial charge in [-0.15, -0.1) is 22.7 Å². The Morgan fingerprint density at radius 2 is 0.778 bits per heavy atom. The second kappa shape index (κ2) is 11.5. The molecule has 0 aromatic carbocycles. The minimum Gasteiger partial charge on any atom is -0.784 e. The summed E-state index contributed by atoms with van der Waals surface area (Å²) in [5.41, 5.74) is 0. The van der Waals surface area contributed by atoms with Crippen molar-refractivity contribution in [2.45, 2.75) is 0 Å². The zero-order chi connectivity index (χ0) is 7.15. The van der Waals surface area contributed by atoms with E-state index >= 15 is 0 Å². The summed E-state index contributed by atoms with van der Waals surface area (Å²) < 4.78 is 50.7. The van der Waals surface area contributed by atoms with Crippen LogP contribution in [0.2, 0.25) is 0 Å². The van der Waals surface area contributed by atoms with Crippen LogP contribution in [0.15, 0.2) is 0 Å². The maximum atomic E-state index is 8.44. The molecule has 6 nitrogen and oxygen atoms in total. The average molecular weight is 226 g/mol. The van der Waals surface area contributed by atoms with E-state index in [1.54, 1.807) is 0 Å². The molecule has 0 fully saturated rings. The van der Waals surface area contributed by atoms with Gasteiger partial charge >= 0.3 is 19.5 Å². The quantitative estimate of drug-likeness (QED) is 0.346. The van der Waals surface area contributed by atoms with Gasteiger partial charge in [0.05, 0.1) is 0 Å². The molecule has 0 unspecified atom stereocenters. The molecule has 0 aromatic heterocycles. The van der Waals surface area contributed by atoms with Gasteiger partial charge in [0.25, 0.3) is 0 Å². The van der Waals surface area contributed by atoms with Crippen LogP contribution >= 0.6 is 0 Å². The average Bonchev–Trinajstić information content (AvgIpc) is 1.25. The van der Waals surface area contributed by atoms with Gasteiger partial charge in [-0.2, -0.15) is 0 Å². The predicted octanol–water partition coefficient (Wildman–Crippen LogP) is -2.01. The molecule has 0 aromatic rings. The molecule has 0 saturated carbocycles. The zero-order valence-electron chi connectivity index (χ0n) is 3.97. The molecule has 0 heterocycles. The molecule has 0 aliphatic heterocycles. The van der Waals surface area contributed by atoms with Crippen molar-refractivity contribution in [3.8, 4) is 0 Å². The van der Waals surface area contributed by atoms with Gasteiger partial charge in [-0.25, -0.2) is 0 Å². The summed E-state index contributed by atoms with van der Waals surface area (Å²) in [4.78, 5) is 0. The van der Waals surface area contributed by atoms with Crippen molar-refractivity contribution >= 4 is 22.7 Å². The first-order valence-corrected chi connectivity index (χ1v) is 3.00. The van der Waals surface area contributed by atoms with Crippen molar-refractivity contribution in [1.82, 2.24) is 0 Å². The molecule has 9 heteroatoms. The minimum atomic E-state index is -3.11. The first kappa shape index (κ1) is 16.4. The molecule has 0 aliphatic carbocycles. The van der Waals surface area contributed by atoms with Crippen LogP contribution in [0.3, 0.4) is 0 Å². The van der Waals surface area contributed by atoms with Gasteiger partial charge in [-0.05, 0) is 0 Å². The van der Waals surface area contributed by atoms with E-state index in [4.69, 9.17) is 26.6 Å². The van der Waals surface area contributed by atoms with Crippen molar-refractivity contribution in [1.29, 1.82) is 0 Å². The fourth-order valence-electron chi connectivity index (χ4n) is 0. The summed E-state index contributed by atoms with van der Waals surface area (Å²) in [5, 5.41) is 0. The molecule has 9 heavy (non-hydrogen) atoms. The summed E-state index contributed by atoms with van der Waals surface area (Å²) in [6.45, 7) is 0. The van der Waals surface area contributed by atoms with E-state index in [2.05, 4.69) is 0 Å². The zero-order valence-corrected chi connectivity index (χ0v) is 8.57. The molecule has 0 saturated heterocycles. The maximum absolute atomic E-state index is 8.44. The van der Waals surface area contributed by atoms with Crippen molar-refractivity contribution in [2.75, 3.05) is 0 Å². The van der Waals surface area contributed by atoms with Crippen molar-refractivity contribution in [3.05, 3.63) is 0 Å². The molecule has 0 amide bonds. The van der Waals surface area contributed by atoms with Crippen LogP contribution < -0.4 is 0 Å². The Morgan fingerprint density at radius 3 is 0.778 bits per heavy atom. The Bertz CT molecular complexity index is 69.1. The fourth-order valence-corrected chi connectivity index (χ4v) is 0. The summed E-state index contributed by atoms with van der Waals surface area (Å²) in [5.74, 6) is 0. The Labute approximate surface area is 69.0 Å². The van der Waals surface area contributed by atoms with Crippen LogP contribution in [0.5, 0.6) is 0 Å². The van der Waals surface area contributed by atoms with Crippen LogP contribution in [-0.2, 0) is 42.2 Å². The Kier molecular flexibility index (Phi) is 21.0. The van der Waals surface area contributed by atoms with Crippen LogP contribution in [0.1, 0.15) is 0 Å². The Hall–Kier alpha value is 0.763. The van der Waals surface area contributed by atoms with Crippen LogP contribution in [0.25, 0.3) is 0 Å². The molecule has 0 spiro atoms. The van der Waals surface area contributed by atoms with E-state index in [-0.39, 0.29) is 19.5 Å². The Morgan fingerprint density at radius 1 is 0.778 bits per heavy atom. The van der Waals surface area contributed by atoms with E-state index in [0.717, 1.165) is 0 Å². The first-order valence-electron chi connectivity index (χ1n) is 1.00. The summed E-state index contributed by atoms with van der Waals surface area (Å²) in [7, 11) is 0. The third kappa shape index (κ3) is 688. The van der Waals surface area contributed by atoms with E-state index in [1.165, 1.54) is 0 Å². The van der Waals surface area contributed by atoms with Gasteiger partial charge in [0.2, 0.25) is 0 Å². The standard InChI is InChI=1S/2H2O3S.Zn/c2*1-4(2)3;/h2*(H2,1,2,3);/q;;+2/p-4. The SMILES string of the molecule is O=S([O-])[O-].O=S([O-])[O-].[Zn+2]. The third-order valence-electron chi connectivity index (χ3n) is 0. The van der Waals surface area contributed by atoms with Gasteiger partial charge in [0.1, 0.15) is 0 Å². The van der Waals surface area contributed by atoms with E-state index < -0.39 is 22.7 Å². The summed E-state index contributed by atoms with van der Waals surface area (Å²) in [6.07, 6.45) is 0. The second-order valence-electron chi connectivity index (χ2n) is 0.408. The minimum absolute atomic E-state index is 0. The first-order chi connectivity index (χ1) is 3.46. The van der Waals surface area contributed by atoms with E-state index in [0.29, 0.717) is 0 Å². The van der Waals surface area contributed by atoms with Crippen LogP contribution in [-0.4, -0.2) is 26.6 Å². The van der Waals surface area contributed by atoms with Crippen molar-refractivity contribution in [3.63, 3.8) is 0 Å². The van der Waals surface area contributed by atoms with Crippen molar-refractivity contribution in [2.24, 2.45) is 0 Å². The topological polar surface area (TPSA) is 126 Å². The third-order valence-corrected chi connectivity index (χ3v) is 0. The van der Waals surface area contributed by atoms with Crippen LogP contribution in [0, 0.1) is 0 Å². The summed E-state index contributed by atoms with van der Waals surface area (Å²) in [6, 6.07) is 0. The molecule has 0 radical (unpaired) electrons.